The second-order valence-electron chi connectivity index (χ2n) is 6.88. The average Bonchev–Trinajstić information content (AvgIpc) is 3.30. The van der Waals surface area contributed by atoms with Crippen LogP contribution in [-0.4, -0.2) is 45.4 Å². The first-order chi connectivity index (χ1) is 14.2. The van der Waals surface area contributed by atoms with E-state index in [1.165, 1.54) is 5.56 Å². The summed E-state index contributed by atoms with van der Waals surface area (Å²) in [6.07, 6.45) is 0.890. The molecule has 1 amide bonds. The third kappa shape index (κ3) is 5.88. The lowest BCUT2D eigenvalue weighted by atomic mass is 9.98. The van der Waals surface area contributed by atoms with E-state index in [0.29, 0.717) is 18.1 Å². The van der Waals surface area contributed by atoms with E-state index in [9.17, 15) is 4.79 Å². The molecule has 0 aliphatic carbocycles. The van der Waals surface area contributed by atoms with Crippen LogP contribution in [0.15, 0.2) is 48.5 Å². The number of hydrogen-bond acceptors (Lipinski definition) is 6. The fourth-order valence-corrected chi connectivity index (χ4v) is 3.09. The maximum absolute atomic E-state index is 11.7. The molecular weight excluding hydrogens is 384 g/mol. The zero-order valence-corrected chi connectivity index (χ0v) is 17.3. The van der Waals surface area contributed by atoms with Gasteiger partial charge in [0.25, 0.3) is 0 Å². The summed E-state index contributed by atoms with van der Waals surface area (Å²) < 4.78 is 0. The number of aromatic amines is 1. The Kier molecular flexibility index (Phi) is 7.77. The van der Waals surface area contributed by atoms with Crippen LogP contribution in [0.5, 0.6) is 0 Å². The zero-order chi connectivity index (χ0) is 20.5. The van der Waals surface area contributed by atoms with Gasteiger partial charge < -0.3 is 10.6 Å². The number of carbonyl (C=O) groups is 1. The molecular formula is C21H26N6OS. The van der Waals surface area contributed by atoms with E-state index in [-0.39, 0.29) is 11.8 Å². The molecule has 0 spiro atoms. The molecule has 29 heavy (non-hydrogen) atoms. The molecule has 3 N–H and O–H groups in total. The first-order valence-corrected chi connectivity index (χ1v) is 10.3. The Hall–Kier alpha value is -2.71. The quantitative estimate of drug-likeness (QED) is 0.304. The summed E-state index contributed by atoms with van der Waals surface area (Å²) in [7, 11) is 0. The van der Waals surface area contributed by atoms with Crippen LogP contribution in [0.4, 0.5) is 0 Å². The molecule has 0 saturated heterocycles. The molecule has 7 nitrogen and oxygen atoms in total. The van der Waals surface area contributed by atoms with E-state index in [2.05, 4.69) is 74.2 Å². The Balaban J connectivity index is 1.49. The molecule has 3 aromatic rings. The van der Waals surface area contributed by atoms with E-state index < -0.39 is 0 Å². The van der Waals surface area contributed by atoms with Crippen LogP contribution in [0.2, 0.25) is 0 Å². The summed E-state index contributed by atoms with van der Waals surface area (Å²) in [5.74, 6) is 1.17. The highest BCUT2D eigenvalue weighted by Gasteiger charge is 2.11. The third-order valence-corrected chi connectivity index (χ3v) is 5.21. The van der Waals surface area contributed by atoms with Crippen LogP contribution >= 0.6 is 12.6 Å². The van der Waals surface area contributed by atoms with Crippen molar-refractivity contribution in [2.45, 2.75) is 19.9 Å². The lowest BCUT2D eigenvalue weighted by molar-refractivity contribution is -0.123. The molecule has 0 aliphatic rings. The van der Waals surface area contributed by atoms with Crippen molar-refractivity contribution >= 4 is 18.5 Å². The van der Waals surface area contributed by atoms with Crippen molar-refractivity contribution in [3.8, 4) is 22.5 Å². The van der Waals surface area contributed by atoms with E-state index >= 15 is 0 Å². The summed E-state index contributed by atoms with van der Waals surface area (Å²) in [4.78, 5) is 11.7. The standard InChI is InChI=1S/C21H26N6OS/c1-15(14-29)21(28)23-12-4-11-22-13-16-7-9-17(10-8-16)18-5-2-3-6-19(18)20-24-26-27-25-20/h2-3,5-10,15,22,29H,4,11-14H2,1H3,(H,23,28)(H,24,25,26,27). The minimum Gasteiger partial charge on any atom is -0.356 e. The lowest BCUT2D eigenvalue weighted by Gasteiger charge is -2.10. The Bertz CT molecular complexity index is 898. The van der Waals surface area contributed by atoms with Crippen LogP contribution in [0.1, 0.15) is 18.9 Å². The first kappa shape index (κ1) is 21.0. The van der Waals surface area contributed by atoms with Crippen LogP contribution in [-0.2, 0) is 11.3 Å². The van der Waals surface area contributed by atoms with Gasteiger partial charge in [-0.1, -0.05) is 55.5 Å². The number of amides is 1. The number of H-pyrrole nitrogens is 1. The number of nitrogens with one attached hydrogen (secondary N) is 3. The van der Waals surface area contributed by atoms with Crippen LogP contribution in [0.25, 0.3) is 22.5 Å². The minimum absolute atomic E-state index is 0.0463. The van der Waals surface area contributed by atoms with Gasteiger partial charge in [0, 0.05) is 30.3 Å². The summed E-state index contributed by atoms with van der Waals surface area (Å²) >= 11 is 4.14. The molecule has 0 radical (unpaired) electrons. The van der Waals surface area contributed by atoms with Gasteiger partial charge in [0.05, 0.1) is 0 Å². The summed E-state index contributed by atoms with van der Waals surface area (Å²) in [6.45, 7) is 4.19. The molecule has 0 saturated carbocycles. The van der Waals surface area contributed by atoms with E-state index in [1.807, 2.05) is 25.1 Å². The summed E-state index contributed by atoms with van der Waals surface area (Å²) in [5.41, 5.74) is 4.33. The first-order valence-electron chi connectivity index (χ1n) is 9.70. The van der Waals surface area contributed by atoms with Gasteiger partial charge in [-0.05, 0) is 34.9 Å². The maximum Gasteiger partial charge on any atom is 0.223 e. The molecule has 0 aliphatic heterocycles. The van der Waals surface area contributed by atoms with Gasteiger partial charge in [-0.25, -0.2) is 0 Å². The summed E-state index contributed by atoms with van der Waals surface area (Å²) in [6, 6.07) is 16.5. The normalized spacial score (nSPS) is 11.9. The predicted molar refractivity (Wildman–Crippen MR) is 117 cm³/mol. The Morgan fingerprint density at radius 2 is 1.86 bits per heavy atom. The maximum atomic E-state index is 11.7. The fourth-order valence-electron chi connectivity index (χ4n) is 2.92. The molecule has 1 heterocycles. The van der Waals surface area contributed by atoms with Crippen molar-refractivity contribution in [3.63, 3.8) is 0 Å². The van der Waals surface area contributed by atoms with Crippen LogP contribution in [0, 0.1) is 5.92 Å². The van der Waals surface area contributed by atoms with E-state index in [4.69, 9.17) is 0 Å². The molecule has 1 atom stereocenters. The predicted octanol–water partition coefficient (Wildman–Crippen LogP) is 2.70. The van der Waals surface area contributed by atoms with Gasteiger partial charge in [-0.3, -0.25) is 4.79 Å². The largest absolute Gasteiger partial charge is 0.356 e. The van der Waals surface area contributed by atoms with Crippen molar-refractivity contribution in [1.29, 1.82) is 0 Å². The van der Waals surface area contributed by atoms with E-state index in [0.717, 1.165) is 36.2 Å². The third-order valence-electron chi connectivity index (χ3n) is 4.66. The van der Waals surface area contributed by atoms with Gasteiger partial charge >= 0.3 is 0 Å². The van der Waals surface area contributed by atoms with Crippen molar-refractivity contribution < 1.29 is 4.79 Å². The van der Waals surface area contributed by atoms with Crippen molar-refractivity contribution in [2.24, 2.45) is 5.92 Å². The zero-order valence-electron chi connectivity index (χ0n) is 16.4. The second kappa shape index (κ2) is 10.7. The van der Waals surface area contributed by atoms with E-state index in [1.54, 1.807) is 0 Å². The smallest absolute Gasteiger partial charge is 0.223 e. The second-order valence-corrected chi connectivity index (χ2v) is 7.25. The molecule has 1 unspecified atom stereocenters. The highest BCUT2D eigenvalue weighted by atomic mass is 32.1. The molecule has 1 aromatic heterocycles. The Morgan fingerprint density at radius 1 is 1.10 bits per heavy atom. The van der Waals surface area contributed by atoms with Gasteiger partial charge in [0.2, 0.25) is 11.7 Å². The fraction of sp³-hybridized carbons (Fsp3) is 0.333. The highest BCUT2D eigenvalue weighted by Crippen LogP contribution is 2.29. The minimum atomic E-state index is -0.0463. The molecule has 0 bridgehead atoms. The number of rotatable bonds is 10. The van der Waals surface area contributed by atoms with Gasteiger partial charge in [-0.15, -0.1) is 10.2 Å². The van der Waals surface area contributed by atoms with Crippen molar-refractivity contribution in [3.05, 3.63) is 54.1 Å². The Labute approximate surface area is 176 Å². The van der Waals surface area contributed by atoms with Crippen LogP contribution in [0.3, 0.4) is 0 Å². The number of thiol groups is 1. The molecule has 152 valence electrons. The molecule has 2 aromatic carbocycles. The number of nitrogens with zero attached hydrogens (tertiary/aromatic N) is 3. The number of aromatic nitrogens is 4. The number of benzene rings is 2. The average molecular weight is 411 g/mol. The van der Waals surface area contributed by atoms with Gasteiger partial charge in [-0.2, -0.15) is 17.8 Å². The topological polar surface area (TPSA) is 95.6 Å². The van der Waals surface area contributed by atoms with Gasteiger partial charge in [0.1, 0.15) is 0 Å². The van der Waals surface area contributed by atoms with Gasteiger partial charge in [0.15, 0.2) is 0 Å². The SMILES string of the molecule is CC(CS)C(=O)NCCCNCc1ccc(-c2ccccc2-c2nn[nH]n2)cc1. The monoisotopic (exact) mass is 410 g/mol. The Morgan fingerprint density at radius 3 is 2.55 bits per heavy atom. The highest BCUT2D eigenvalue weighted by molar-refractivity contribution is 7.80. The van der Waals surface area contributed by atoms with Crippen molar-refractivity contribution in [2.75, 3.05) is 18.8 Å². The number of carbonyl (C=O) groups excluding carboxylic acids is 1. The molecule has 8 heteroatoms. The van der Waals surface area contributed by atoms with Crippen LogP contribution < -0.4 is 10.6 Å². The molecule has 3 rings (SSSR count). The summed E-state index contributed by atoms with van der Waals surface area (Å²) in [5, 5.41) is 20.7. The number of tetrazole rings is 1. The molecule has 0 fully saturated rings. The number of hydrogen-bond donors (Lipinski definition) is 4. The lowest BCUT2D eigenvalue weighted by Crippen LogP contribution is -2.32. The van der Waals surface area contributed by atoms with Crippen molar-refractivity contribution in [1.82, 2.24) is 31.3 Å².